The standard InChI is InChI=1S/C24H27FN4O/c1-6-24(30)29-15-19(13-16(29)2)17(3)21(22-11-12-28(5)27-22)14-23(26-4)18-7-9-20(25)10-8-18/h6-12,14,16,19H,1,3,13,15H2,2,4-5H3/b21-14+,26-23?/t16-,19+/m0/s1. The number of carbonyl (C=O) groups is 1. The summed E-state index contributed by atoms with van der Waals surface area (Å²) in [4.78, 5) is 18.4. The summed E-state index contributed by atoms with van der Waals surface area (Å²) in [5, 5.41) is 4.56. The molecule has 6 heteroatoms. The van der Waals surface area contributed by atoms with E-state index in [4.69, 9.17) is 0 Å². The van der Waals surface area contributed by atoms with Crippen LogP contribution in [0.4, 0.5) is 4.39 Å². The zero-order valence-corrected chi connectivity index (χ0v) is 17.7. The number of carbonyl (C=O) groups excluding carboxylic acids is 1. The number of allylic oxidation sites excluding steroid dienone is 2. The summed E-state index contributed by atoms with van der Waals surface area (Å²) < 4.78 is 15.1. The smallest absolute Gasteiger partial charge is 0.246 e. The van der Waals surface area contributed by atoms with Crippen molar-refractivity contribution in [2.75, 3.05) is 13.6 Å². The topological polar surface area (TPSA) is 50.5 Å². The summed E-state index contributed by atoms with van der Waals surface area (Å²) in [6, 6.07) is 8.28. The third-order valence-corrected chi connectivity index (χ3v) is 5.52. The van der Waals surface area contributed by atoms with E-state index in [1.165, 1.54) is 18.2 Å². The lowest BCUT2D eigenvalue weighted by Crippen LogP contribution is -2.32. The second kappa shape index (κ2) is 9.03. The molecule has 2 atom stereocenters. The van der Waals surface area contributed by atoms with Gasteiger partial charge in [0.05, 0.1) is 11.4 Å². The normalized spacial score (nSPS) is 19.8. The number of aromatic nitrogens is 2. The Kier molecular flexibility index (Phi) is 6.45. The number of aliphatic imine (C=N–C) groups is 1. The van der Waals surface area contributed by atoms with Gasteiger partial charge in [0.25, 0.3) is 0 Å². The second-order valence-corrected chi connectivity index (χ2v) is 7.55. The molecule has 0 aliphatic carbocycles. The fourth-order valence-corrected chi connectivity index (χ4v) is 3.85. The predicted octanol–water partition coefficient (Wildman–Crippen LogP) is 4.04. The van der Waals surface area contributed by atoms with E-state index in [-0.39, 0.29) is 23.7 Å². The highest BCUT2D eigenvalue weighted by atomic mass is 19.1. The van der Waals surface area contributed by atoms with Gasteiger partial charge in [-0.3, -0.25) is 14.5 Å². The quantitative estimate of drug-likeness (QED) is 0.413. The van der Waals surface area contributed by atoms with Gasteiger partial charge in [0.15, 0.2) is 0 Å². The van der Waals surface area contributed by atoms with Crippen LogP contribution in [0, 0.1) is 11.7 Å². The SMILES string of the molecule is C=CC(=O)N1C[C@H](C(=C)/C(=C\C(=NC)c2ccc(F)cc2)c2ccn(C)n2)C[C@@H]1C. The number of likely N-dealkylation sites (tertiary alicyclic amines) is 1. The summed E-state index contributed by atoms with van der Waals surface area (Å²) in [7, 11) is 3.57. The van der Waals surface area contributed by atoms with E-state index in [0.29, 0.717) is 12.3 Å². The van der Waals surface area contributed by atoms with Crippen LogP contribution in [0.5, 0.6) is 0 Å². The van der Waals surface area contributed by atoms with Crippen molar-refractivity contribution in [2.24, 2.45) is 18.0 Å². The van der Waals surface area contributed by atoms with Gasteiger partial charge in [-0.25, -0.2) is 4.39 Å². The molecule has 1 aromatic carbocycles. The monoisotopic (exact) mass is 406 g/mol. The van der Waals surface area contributed by atoms with Crippen LogP contribution in [0.3, 0.4) is 0 Å². The number of amides is 1. The summed E-state index contributed by atoms with van der Waals surface area (Å²) in [5.41, 5.74) is 4.07. The Morgan fingerprint density at radius 2 is 2.00 bits per heavy atom. The van der Waals surface area contributed by atoms with Gasteiger partial charge < -0.3 is 4.90 Å². The fourth-order valence-electron chi connectivity index (χ4n) is 3.85. The van der Waals surface area contributed by atoms with Crippen molar-refractivity contribution in [1.82, 2.24) is 14.7 Å². The molecule has 0 N–H and O–H groups in total. The molecule has 5 nitrogen and oxygen atoms in total. The zero-order chi connectivity index (χ0) is 21.8. The third kappa shape index (κ3) is 4.48. The number of benzene rings is 1. The molecule has 1 aliphatic rings. The van der Waals surface area contributed by atoms with Crippen LogP contribution >= 0.6 is 0 Å². The molecule has 1 saturated heterocycles. The lowest BCUT2D eigenvalue weighted by atomic mass is 9.88. The molecule has 1 fully saturated rings. The van der Waals surface area contributed by atoms with Crippen LogP contribution in [-0.2, 0) is 11.8 Å². The molecule has 1 aliphatic heterocycles. The van der Waals surface area contributed by atoms with Crippen molar-refractivity contribution >= 4 is 17.2 Å². The fraction of sp³-hybridized carbons (Fsp3) is 0.292. The Labute approximate surface area is 176 Å². The third-order valence-electron chi connectivity index (χ3n) is 5.52. The molecule has 3 rings (SSSR count). The van der Waals surface area contributed by atoms with Gasteiger partial charge in [-0.05, 0) is 67.0 Å². The lowest BCUT2D eigenvalue weighted by Gasteiger charge is -2.20. The Bertz CT molecular complexity index is 1020. The molecule has 30 heavy (non-hydrogen) atoms. The van der Waals surface area contributed by atoms with Crippen LogP contribution in [-0.4, -0.2) is 45.9 Å². The minimum atomic E-state index is -0.292. The molecule has 1 aromatic heterocycles. The maximum atomic E-state index is 13.4. The molecule has 0 spiro atoms. The average Bonchev–Trinajstić information content (AvgIpc) is 3.34. The number of rotatable bonds is 6. The number of hydrogen-bond acceptors (Lipinski definition) is 3. The summed E-state index contributed by atoms with van der Waals surface area (Å²) >= 11 is 0. The second-order valence-electron chi connectivity index (χ2n) is 7.55. The molecule has 1 amide bonds. The summed E-state index contributed by atoms with van der Waals surface area (Å²) in [5.74, 6) is -0.258. The van der Waals surface area contributed by atoms with E-state index >= 15 is 0 Å². The van der Waals surface area contributed by atoms with Crippen LogP contribution in [0.2, 0.25) is 0 Å². The number of hydrogen-bond donors (Lipinski definition) is 0. The largest absolute Gasteiger partial charge is 0.336 e. The van der Waals surface area contributed by atoms with Gasteiger partial charge in [0, 0.05) is 44.4 Å². The maximum Gasteiger partial charge on any atom is 0.246 e. The lowest BCUT2D eigenvalue weighted by molar-refractivity contribution is -0.126. The van der Waals surface area contributed by atoms with E-state index in [1.54, 1.807) is 23.9 Å². The van der Waals surface area contributed by atoms with Crippen LogP contribution in [0.15, 0.2) is 72.4 Å². The van der Waals surface area contributed by atoms with E-state index in [9.17, 15) is 9.18 Å². The van der Waals surface area contributed by atoms with E-state index in [0.717, 1.165) is 28.8 Å². The first-order valence-electron chi connectivity index (χ1n) is 9.90. The highest BCUT2D eigenvalue weighted by molar-refractivity contribution is 6.13. The molecule has 2 aromatic rings. The van der Waals surface area contributed by atoms with Crippen LogP contribution in [0.1, 0.15) is 24.6 Å². The maximum absolute atomic E-state index is 13.4. The van der Waals surface area contributed by atoms with E-state index < -0.39 is 0 Å². The van der Waals surface area contributed by atoms with Gasteiger partial charge in [-0.2, -0.15) is 5.10 Å². The first kappa shape index (κ1) is 21.4. The predicted molar refractivity (Wildman–Crippen MR) is 119 cm³/mol. The van der Waals surface area contributed by atoms with Gasteiger partial charge in [-0.1, -0.05) is 13.2 Å². The first-order chi connectivity index (χ1) is 14.3. The zero-order valence-electron chi connectivity index (χ0n) is 17.7. The highest BCUT2D eigenvalue weighted by Gasteiger charge is 2.34. The number of aryl methyl sites for hydroxylation is 1. The molecule has 0 bridgehead atoms. The van der Waals surface area contributed by atoms with Crippen LogP contribution in [0.25, 0.3) is 5.57 Å². The first-order valence-corrected chi connectivity index (χ1v) is 9.90. The molecular formula is C24H27FN4O. The summed E-state index contributed by atoms with van der Waals surface area (Å²) in [6.07, 6.45) is 5.99. The van der Waals surface area contributed by atoms with Crippen molar-refractivity contribution in [2.45, 2.75) is 19.4 Å². The van der Waals surface area contributed by atoms with Gasteiger partial charge >= 0.3 is 0 Å². The van der Waals surface area contributed by atoms with Gasteiger partial charge in [0.1, 0.15) is 5.82 Å². The van der Waals surface area contributed by atoms with Gasteiger partial charge in [-0.15, -0.1) is 0 Å². The van der Waals surface area contributed by atoms with Crippen molar-refractivity contribution in [3.8, 4) is 0 Å². The molecule has 0 unspecified atom stereocenters. The van der Waals surface area contributed by atoms with Crippen molar-refractivity contribution in [3.05, 3.63) is 84.5 Å². The molecule has 0 saturated carbocycles. The molecular weight excluding hydrogens is 379 g/mol. The van der Waals surface area contributed by atoms with E-state index in [1.807, 2.05) is 37.2 Å². The molecule has 2 heterocycles. The van der Waals surface area contributed by atoms with Crippen molar-refractivity contribution in [1.29, 1.82) is 0 Å². The van der Waals surface area contributed by atoms with Crippen molar-refractivity contribution in [3.63, 3.8) is 0 Å². The number of nitrogens with zero attached hydrogens (tertiary/aromatic N) is 4. The molecule has 156 valence electrons. The minimum Gasteiger partial charge on any atom is -0.336 e. The van der Waals surface area contributed by atoms with E-state index in [2.05, 4.69) is 23.2 Å². The Morgan fingerprint density at radius 1 is 1.30 bits per heavy atom. The Morgan fingerprint density at radius 3 is 2.57 bits per heavy atom. The van der Waals surface area contributed by atoms with Crippen molar-refractivity contribution < 1.29 is 9.18 Å². The van der Waals surface area contributed by atoms with Crippen LogP contribution < -0.4 is 0 Å². The number of halogens is 1. The highest BCUT2D eigenvalue weighted by Crippen LogP contribution is 2.35. The summed E-state index contributed by atoms with van der Waals surface area (Å²) in [6.45, 7) is 10.6. The van der Waals surface area contributed by atoms with Gasteiger partial charge in [0.2, 0.25) is 5.91 Å². The average molecular weight is 407 g/mol. The Balaban J connectivity index is 1.98. The molecule has 0 radical (unpaired) electrons. The Hall–Kier alpha value is -3.28. The minimum absolute atomic E-state index is 0.0664.